The standard InChI is InChI=1S/C22H25F3N4O3/c1-21(2,3)20(31)29-9-7-16(8-10-29)28-19(30)15-12-26-18(27-13-15)14-5-4-6-17(11-14)32-22(23,24)25/h4-6,11-13,16H,7-10H2,1-3H3,(H,28,30). The zero-order chi connectivity index (χ0) is 23.5. The SMILES string of the molecule is CC(C)(C)C(=O)N1CCC(NC(=O)c2cnc(-c3cccc(OC(F)(F)F)c3)nc2)CC1. The fourth-order valence-corrected chi connectivity index (χ4v) is 3.40. The van der Waals surface area contributed by atoms with Gasteiger partial charge >= 0.3 is 6.36 Å². The molecule has 172 valence electrons. The molecule has 1 aliphatic heterocycles. The average molecular weight is 450 g/mol. The fourth-order valence-electron chi connectivity index (χ4n) is 3.40. The number of nitrogens with one attached hydrogen (secondary N) is 1. The Labute approximate surface area is 184 Å². The summed E-state index contributed by atoms with van der Waals surface area (Å²) < 4.78 is 41.1. The van der Waals surface area contributed by atoms with Crippen molar-refractivity contribution in [2.45, 2.75) is 46.0 Å². The quantitative estimate of drug-likeness (QED) is 0.766. The third-order valence-corrected chi connectivity index (χ3v) is 5.00. The Morgan fingerprint density at radius 1 is 1.09 bits per heavy atom. The largest absolute Gasteiger partial charge is 0.573 e. The van der Waals surface area contributed by atoms with Crippen molar-refractivity contribution in [1.29, 1.82) is 0 Å². The molecular weight excluding hydrogens is 425 g/mol. The Bertz CT molecular complexity index is 964. The molecule has 0 unspecified atom stereocenters. The third kappa shape index (κ3) is 6.18. The van der Waals surface area contributed by atoms with Crippen LogP contribution in [0.25, 0.3) is 11.4 Å². The normalized spacial score (nSPS) is 15.4. The summed E-state index contributed by atoms with van der Waals surface area (Å²) >= 11 is 0. The van der Waals surface area contributed by atoms with Crippen LogP contribution in [0.3, 0.4) is 0 Å². The lowest BCUT2D eigenvalue weighted by Crippen LogP contribution is -2.49. The van der Waals surface area contributed by atoms with Gasteiger partial charge in [0, 0.05) is 42.5 Å². The number of hydrogen-bond acceptors (Lipinski definition) is 5. The number of ether oxygens (including phenoxy) is 1. The Morgan fingerprint density at radius 3 is 2.28 bits per heavy atom. The summed E-state index contributed by atoms with van der Waals surface area (Å²) in [5, 5.41) is 2.93. The Balaban J connectivity index is 1.58. The molecule has 1 saturated heterocycles. The molecule has 3 rings (SSSR count). The molecule has 2 amide bonds. The Hall–Kier alpha value is -3.17. The van der Waals surface area contributed by atoms with Crippen LogP contribution in [0.5, 0.6) is 5.75 Å². The van der Waals surface area contributed by atoms with Gasteiger partial charge in [0.05, 0.1) is 5.56 Å². The number of aromatic nitrogens is 2. The van der Waals surface area contributed by atoms with Crippen LogP contribution < -0.4 is 10.1 Å². The number of alkyl halides is 3. The molecule has 2 aromatic rings. The van der Waals surface area contributed by atoms with Crippen molar-refractivity contribution in [3.05, 3.63) is 42.2 Å². The van der Waals surface area contributed by atoms with Gasteiger partial charge in [-0.1, -0.05) is 32.9 Å². The highest BCUT2D eigenvalue weighted by molar-refractivity contribution is 5.94. The van der Waals surface area contributed by atoms with Gasteiger partial charge in [-0.2, -0.15) is 0 Å². The van der Waals surface area contributed by atoms with E-state index >= 15 is 0 Å². The zero-order valence-electron chi connectivity index (χ0n) is 18.1. The highest BCUT2D eigenvalue weighted by Crippen LogP contribution is 2.26. The van der Waals surface area contributed by atoms with Crippen LogP contribution in [0.15, 0.2) is 36.7 Å². The first-order valence-electron chi connectivity index (χ1n) is 10.2. The third-order valence-electron chi connectivity index (χ3n) is 5.00. The van der Waals surface area contributed by atoms with Gasteiger partial charge in [-0.15, -0.1) is 13.2 Å². The summed E-state index contributed by atoms with van der Waals surface area (Å²) in [5.74, 6) is -0.456. The van der Waals surface area contributed by atoms with Gasteiger partial charge in [0.1, 0.15) is 5.75 Å². The molecule has 1 aromatic carbocycles. The number of rotatable bonds is 4. The van der Waals surface area contributed by atoms with E-state index in [-0.39, 0.29) is 35.0 Å². The number of likely N-dealkylation sites (tertiary alicyclic amines) is 1. The van der Waals surface area contributed by atoms with Crippen molar-refractivity contribution in [1.82, 2.24) is 20.2 Å². The molecule has 0 atom stereocenters. The predicted octanol–water partition coefficient (Wildman–Crippen LogP) is 3.81. The number of nitrogens with zero attached hydrogens (tertiary/aromatic N) is 3. The van der Waals surface area contributed by atoms with E-state index in [4.69, 9.17) is 0 Å². The number of carbonyl (C=O) groups is 2. The van der Waals surface area contributed by atoms with Crippen molar-refractivity contribution in [3.8, 4) is 17.1 Å². The van der Waals surface area contributed by atoms with Gasteiger partial charge in [0.2, 0.25) is 5.91 Å². The van der Waals surface area contributed by atoms with E-state index in [1.165, 1.54) is 30.6 Å². The maximum Gasteiger partial charge on any atom is 0.573 e. The molecule has 0 aliphatic carbocycles. The van der Waals surface area contributed by atoms with E-state index in [9.17, 15) is 22.8 Å². The van der Waals surface area contributed by atoms with E-state index in [0.29, 0.717) is 31.5 Å². The van der Waals surface area contributed by atoms with Crippen molar-refractivity contribution >= 4 is 11.8 Å². The summed E-state index contributed by atoms with van der Waals surface area (Å²) in [5.41, 5.74) is 0.132. The summed E-state index contributed by atoms with van der Waals surface area (Å²) in [4.78, 5) is 34.9. The lowest BCUT2D eigenvalue weighted by molar-refractivity contribution is -0.274. The number of hydrogen-bond donors (Lipinski definition) is 1. The van der Waals surface area contributed by atoms with Gasteiger partial charge in [-0.3, -0.25) is 9.59 Å². The molecule has 10 heteroatoms. The molecule has 2 heterocycles. The van der Waals surface area contributed by atoms with E-state index in [0.717, 1.165) is 0 Å². The summed E-state index contributed by atoms with van der Waals surface area (Å²) in [7, 11) is 0. The van der Waals surface area contributed by atoms with Crippen molar-refractivity contribution in [2.24, 2.45) is 5.41 Å². The average Bonchev–Trinajstić information content (AvgIpc) is 2.72. The van der Waals surface area contributed by atoms with Crippen LogP contribution in [-0.4, -0.2) is 52.2 Å². The molecule has 0 radical (unpaired) electrons. The molecule has 1 aromatic heterocycles. The molecule has 1 fully saturated rings. The molecule has 0 saturated carbocycles. The summed E-state index contributed by atoms with van der Waals surface area (Å²) in [6, 6.07) is 5.23. The first kappa shape index (κ1) is 23.5. The predicted molar refractivity (Wildman–Crippen MR) is 111 cm³/mol. The maximum absolute atomic E-state index is 12.5. The summed E-state index contributed by atoms with van der Waals surface area (Å²) in [6.07, 6.45) is -0.838. The highest BCUT2D eigenvalue weighted by atomic mass is 19.4. The minimum atomic E-state index is -4.79. The van der Waals surface area contributed by atoms with E-state index in [1.54, 1.807) is 6.07 Å². The lowest BCUT2D eigenvalue weighted by atomic mass is 9.93. The molecule has 1 N–H and O–H groups in total. The van der Waals surface area contributed by atoms with Gasteiger partial charge < -0.3 is 15.0 Å². The molecule has 7 nitrogen and oxygen atoms in total. The van der Waals surface area contributed by atoms with Crippen LogP contribution >= 0.6 is 0 Å². The van der Waals surface area contributed by atoms with Gasteiger partial charge in [0.25, 0.3) is 5.91 Å². The van der Waals surface area contributed by atoms with E-state index in [2.05, 4.69) is 20.0 Å². The molecular formula is C22H25F3N4O3. The lowest BCUT2D eigenvalue weighted by Gasteiger charge is -2.36. The topological polar surface area (TPSA) is 84.4 Å². The van der Waals surface area contributed by atoms with Gasteiger partial charge in [-0.25, -0.2) is 9.97 Å². The number of carbonyl (C=O) groups excluding carboxylic acids is 2. The van der Waals surface area contributed by atoms with Crippen LogP contribution in [0, 0.1) is 5.41 Å². The van der Waals surface area contributed by atoms with Gasteiger partial charge in [-0.05, 0) is 25.0 Å². The summed E-state index contributed by atoms with van der Waals surface area (Å²) in [6.45, 7) is 6.80. The minimum absolute atomic E-state index is 0.0672. The first-order chi connectivity index (χ1) is 14.9. The van der Waals surface area contributed by atoms with Crippen LogP contribution in [0.1, 0.15) is 44.0 Å². The number of benzene rings is 1. The second-order valence-corrected chi connectivity index (χ2v) is 8.66. The monoisotopic (exact) mass is 450 g/mol. The molecule has 0 bridgehead atoms. The highest BCUT2D eigenvalue weighted by Gasteiger charge is 2.32. The second-order valence-electron chi connectivity index (χ2n) is 8.66. The minimum Gasteiger partial charge on any atom is -0.406 e. The number of piperidine rings is 1. The number of amides is 2. The number of halogens is 3. The molecule has 32 heavy (non-hydrogen) atoms. The van der Waals surface area contributed by atoms with Crippen LogP contribution in [0.4, 0.5) is 13.2 Å². The Morgan fingerprint density at radius 2 is 1.72 bits per heavy atom. The van der Waals surface area contributed by atoms with Crippen LogP contribution in [-0.2, 0) is 4.79 Å². The molecule has 0 spiro atoms. The first-order valence-corrected chi connectivity index (χ1v) is 10.2. The van der Waals surface area contributed by atoms with Crippen LogP contribution in [0.2, 0.25) is 0 Å². The Kier molecular flexibility index (Phi) is 6.71. The van der Waals surface area contributed by atoms with Crippen molar-refractivity contribution in [2.75, 3.05) is 13.1 Å². The van der Waals surface area contributed by atoms with Crippen molar-refractivity contribution < 1.29 is 27.5 Å². The maximum atomic E-state index is 12.5. The van der Waals surface area contributed by atoms with E-state index < -0.39 is 11.8 Å². The van der Waals surface area contributed by atoms with Crippen molar-refractivity contribution in [3.63, 3.8) is 0 Å². The second kappa shape index (κ2) is 9.13. The smallest absolute Gasteiger partial charge is 0.406 e. The fraction of sp³-hybridized carbons (Fsp3) is 0.455. The van der Waals surface area contributed by atoms with E-state index in [1.807, 2.05) is 25.7 Å². The molecule has 1 aliphatic rings. The zero-order valence-corrected chi connectivity index (χ0v) is 18.1. The van der Waals surface area contributed by atoms with Gasteiger partial charge in [0.15, 0.2) is 5.82 Å².